The molecule has 1 aliphatic heterocycles. The summed E-state index contributed by atoms with van der Waals surface area (Å²) in [6.07, 6.45) is 1.00. The maximum atomic E-state index is 12.8. The van der Waals surface area contributed by atoms with Gasteiger partial charge in [0, 0.05) is 16.7 Å². The van der Waals surface area contributed by atoms with Gasteiger partial charge in [0.05, 0.1) is 11.6 Å². The SMILES string of the molecule is Cc1cc(C(=O)N2CCC2c2cccc(Br)c2)nn1C(C)(C)C. The number of amides is 1. The molecule has 4 nitrogen and oxygen atoms in total. The van der Waals surface area contributed by atoms with E-state index < -0.39 is 0 Å². The highest BCUT2D eigenvalue weighted by molar-refractivity contribution is 9.10. The highest BCUT2D eigenvalue weighted by atomic mass is 79.9. The number of halogens is 1. The van der Waals surface area contributed by atoms with Crippen LogP contribution in [0, 0.1) is 6.92 Å². The normalized spacial score (nSPS) is 18.0. The minimum Gasteiger partial charge on any atom is -0.330 e. The number of hydrogen-bond donors (Lipinski definition) is 0. The summed E-state index contributed by atoms with van der Waals surface area (Å²) in [7, 11) is 0. The molecule has 0 spiro atoms. The number of benzene rings is 1. The fraction of sp³-hybridized carbons (Fsp3) is 0.444. The van der Waals surface area contributed by atoms with Crippen LogP contribution >= 0.6 is 15.9 Å². The first kappa shape index (κ1) is 16.2. The van der Waals surface area contributed by atoms with E-state index in [4.69, 9.17) is 0 Å². The zero-order valence-electron chi connectivity index (χ0n) is 14.0. The van der Waals surface area contributed by atoms with Gasteiger partial charge in [-0.1, -0.05) is 28.1 Å². The molecule has 0 saturated carbocycles. The lowest BCUT2D eigenvalue weighted by molar-refractivity contribution is 0.0452. The van der Waals surface area contributed by atoms with E-state index in [-0.39, 0.29) is 17.5 Å². The third kappa shape index (κ3) is 3.07. The monoisotopic (exact) mass is 375 g/mol. The topological polar surface area (TPSA) is 38.1 Å². The molecule has 3 rings (SSSR count). The number of carbonyl (C=O) groups excluding carboxylic acids is 1. The Morgan fingerprint density at radius 3 is 2.57 bits per heavy atom. The molecule has 1 saturated heterocycles. The van der Waals surface area contributed by atoms with E-state index in [2.05, 4.69) is 53.9 Å². The van der Waals surface area contributed by atoms with E-state index in [0.29, 0.717) is 5.69 Å². The summed E-state index contributed by atoms with van der Waals surface area (Å²) >= 11 is 3.50. The van der Waals surface area contributed by atoms with Gasteiger partial charge in [0.25, 0.3) is 5.91 Å². The number of hydrogen-bond acceptors (Lipinski definition) is 2. The molecule has 5 heteroatoms. The number of carbonyl (C=O) groups is 1. The Morgan fingerprint density at radius 1 is 1.30 bits per heavy atom. The quantitative estimate of drug-likeness (QED) is 0.784. The summed E-state index contributed by atoms with van der Waals surface area (Å²) in [5, 5.41) is 4.55. The lowest BCUT2D eigenvalue weighted by Crippen LogP contribution is -2.45. The highest BCUT2D eigenvalue weighted by Gasteiger charge is 2.35. The maximum absolute atomic E-state index is 12.8. The number of aryl methyl sites for hydroxylation is 1. The maximum Gasteiger partial charge on any atom is 0.274 e. The fourth-order valence-corrected chi connectivity index (χ4v) is 3.51. The molecular weight excluding hydrogens is 354 g/mol. The van der Waals surface area contributed by atoms with E-state index >= 15 is 0 Å². The number of nitrogens with zero attached hydrogens (tertiary/aromatic N) is 3. The molecule has 1 aliphatic rings. The summed E-state index contributed by atoms with van der Waals surface area (Å²) in [5.41, 5.74) is 2.60. The number of rotatable bonds is 2. The predicted octanol–water partition coefficient (Wildman–Crippen LogP) is 4.30. The number of aromatic nitrogens is 2. The van der Waals surface area contributed by atoms with Crippen LogP contribution in [0.2, 0.25) is 0 Å². The van der Waals surface area contributed by atoms with Crippen LogP contribution in [-0.4, -0.2) is 27.1 Å². The molecule has 0 bridgehead atoms. The van der Waals surface area contributed by atoms with Crippen molar-refractivity contribution in [2.24, 2.45) is 0 Å². The van der Waals surface area contributed by atoms with E-state index in [1.807, 2.05) is 34.7 Å². The molecule has 0 radical (unpaired) electrons. The van der Waals surface area contributed by atoms with Crippen LogP contribution in [0.4, 0.5) is 0 Å². The Labute approximate surface area is 145 Å². The average Bonchev–Trinajstić information content (AvgIpc) is 2.79. The van der Waals surface area contributed by atoms with Crippen molar-refractivity contribution in [3.8, 4) is 0 Å². The van der Waals surface area contributed by atoms with Crippen molar-refractivity contribution in [2.45, 2.75) is 45.7 Å². The lowest BCUT2D eigenvalue weighted by Gasteiger charge is -2.41. The van der Waals surface area contributed by atoms with Crippen LogP contribution in [-0.2, 0) is 5.54 Å². The lowest BCUT2D eigenvalue weighted by atomic mass is 9.94. The van der Waals surface area contributed by atoms with Crippen molar-refractivity contribution in [1.29, 1.82) is 0 Å². The first-order valence-electron chi connectivity index (χ1n) is 7.91. The number of likely N-dealkylation sites (tertiary alicyclic amines) is 1. The minimum atomic E-state index is -0.124. The van der Waals surface area contributed by atoms with Crippen LogP contribution in [0.25, 0.3) is 0 Å². The molecule has 1 unspecified atom stereocenters. The van der Waals surface area contributed by atoms with Gasteiger partial charge in [-0.05, 0) is 57.9 Å². The molecule has 1 amide bonds. The fourth-order valence-electron chi connectivity index (χ4n) is 3.10. The largest absolute Gasteiger partial charge is 0.330 e. The molecule has 23 heavy (non-hydrogen) atoms. The molecular formula is C18H22BrN3O. The van der Waals surface area contributed by atoms with E-state index in [0.717, 1.165) is 23.1 Å². The summed E-state index contributed by atoms with van der Waals surface area (Å²) in [6.45, 7) is 9.06. The second-order valence-electron chi connectivity index (χ2n) is 7.11. The van der Waals surface area contributed by atoms with Crippen LogP contribution in [0.5, 0.6) is 0 Å². The summed E-state index contributed by atoms with van der Waals surface area (Å²) in [5.74, 6) is 0.0207. The predicted molar refractivity (Wildman–Crippen MR) is 94.5 cm³/mol. The van der Waals surface area contributed by atoms with Crippen molar-refractivity contribution in [3.63, 3.8) is 0 Å². The molecule has 1 aromatic heterocycles. The van der Waals surface area contributed by atoms with Crippen molar-refractivity contribution >= 4 is 21.8 Å². The van der Waals surface area contributed by atoms with Gasteiger partial charge in [0.15, 0.2) is 5.69 Å². The van der Waals surface area contributed by atoms with Crippen molar-refractivity contribution in [3.05, 3.63) is 51.8 Å². The standard InChI is InChI=1S/C18H22BrN3O/c1-12-10-15(20-22(12)18(2,3)4)17(23)21-9-8-16(21)13-6-5-7-14(19)11-13/h5-7,10-11,16H,8-9H2,1-4H3. The van der Waals surface area contributed by atoms with Gasteiger partial charge < -0.3 is 4.90 Å². The van der Waals surface area contributed by atoms with E-state index in [1.54, 1.807) is 0 Å². The zero-order chi connectivity index (χ0) is 16.8. The minimum absolute atomic E-state index is 0.0207. The second-order valence-corrected chi connectivity index (χ2v) is 8.03. The first-order valence-corrected chi connectivity index (χ1v) is 8.70. The third-order valence-electron chi connectivity index (χ3n) is 4.26. The van der Waals surface area contributed by atoms with E-state index in [9.17, 15) is 4.79 Å². The molecule has 122 valence electrons. The summed E-state index contributed by atoms with van der Waals surface area (Å²) in [6, 6.07) is 10.2. The molecule has 1 fully saturated rings. The van der Waals surface area contributed by atoms with Gasteiger partial charge >= 0.3 is 0 Å². The smallest absolute Gasteiger partial charge is 0.274 e. The van der Waals surface area contributed by atoms with Crippen LogP contribution in [0.1, 0.15) is 55.0 Å². The van der Waals surface area contributed by atoms with Gasteiger partial charge in [-0.25, -0.2) is 0 Å². The molecule has 2 aromatic rings. The Bertz CT molecular complexity index is 745. The van der Waals surface area contributed by atoms with E-state index in [1.165, 1.54) is 5.56 Å². The van der Waals surface area contributed by atoms with Gasteiger partial charge in [0.1, 0.15) is 0 Å². The van der Waals surface area contributed by atoms with Crippen molar-refractivity contribution in [2.75, 3.05) is 6.54 Å². The Morgan fingerprint density at radius 2 is 2.04 bits per heavy atom. The zero-order valence-corrected chi connectivity index (χ0v) is 15.6. The molecule has 2 heterocycles. The molecule has 0 N–H and O–H groups in total. The van der Waals surface area contributed by atoms with Crippen molar-refractivity contribution in [1.82, 2.24) is 14.7 Å². The van der Waals surface area contributed by atoms with Crippen LogP contribution in [0.3, 0.4) is 0 Å². The highest BCUT2D eigenvalue weighted by Crippen LogP contribution is 2.35. The average molecular weight is 376 g/mol. The van der Waals surface area contributed by atoms with Crippen LogP contribution in [0.15, 0.2) is 34.8 Å². The summed E-state index contributed by atoms with van der Waals surface area (Å²) in [4.78, 5) is 14.7. The molecule has 0 aliphatic carbocycles. The molecule has 1 aromatic carbocycles. The molecule has 1 atom stereocenters. The van der Waals surface area contributed by atoms with Gasteiger partial charge in [-0.3, -0.25) is 9.48 Å². The van der Waals surface area contributed by atoms with Gasteiger partial charge in [-0.2, -0.15) is 5.10 Å². The van der Waals surface area contributed by atoms with Crippen molar-refractivity contribution < 1.29 is 4.79 Å². The van der Waals surface area contributed by atoms with Gasteiger partial charge in [-0.15, -0.1) is 0 Å². The second kappa shape index (κ2) is 5.78. The first-order chi connectivity index (χ1) is 10.8. The van der Waals surface area contributed by atoms with Gasteiger partial charge in [0.2, 0.25) is 0 Å². The third-order valence-corrected chi connectivity index (χ3v) is 4.75. The Hall–Kier alpha value is -1.62. The Balaban J connectivity index is 1.84. The Kier molecular flexibility index (Phi) is 4.08. The summed E-state index contributed by atoms with van der Waals surface area (Å²) < 4.78 is 2.97. The van der Waals surface area contributed by atoms with Crippen LogP contribution < -0.4 is 0 Å².